The second kappa shape index (κ2) is 22.2. The molecule has 8 rings (SSSR count). The number of nitrogens with zero attached hydrogens (tertiary/aromatic N) is 4. The van der Waals surface area contributed by atoms with Crippen molar-refractivity contribution in [2.45, 2.75) is 50.8 Å². The molecule has 0 radical (unpaired) electrons. The van der Waals surface area contributed by atoms with Crippen molar-refractivity contribution < 1.29 is 43.1 Å². The normalized spacial score (nSPS) is 16.4. The van der Waals surface area contributed by atoms with E-state index in [0.717, 1.165) is 34.3 Å². The zero-order valence-corrected chi connectivity index (χ0v) is 40.7. The van der Waals surface area contributed by atoms with Crippen LogP contribution in [0.15, 0.2) is 78.9 Å². The maximum atomic E-state index is 14.1. The van der Waals surface area contributed by atoms with Gasteiger partial charge in [-0.25, -0.2) is 4.79 Å². The molecule has 2 unspecified atom stereocenters. The summed E-state index contributed by atoms with van der Waals surface area (Å²) < 4.78 is 6.01. The summed E-state index contributed by atoms with van der Waals surface area (Å²) in [5.74, 6) is -2.10. The fourth-order valence-corrected chi connectivity index (χ4v) is 9.28. The SMILES string of the molecule is CC(C)C(NCCNC(=O)CCCN1C(=O)CC(S)C1=O)C(=O)NCC(=O)Nc1ccc(C(=O)Nc2ccc3[nH]c(C(=O)N4CCc5c4cc(OC(=O)N4CCN(C)CC4)c4ccccc54)cc3c2)cc1. The monoisotopic (exact) mass is 986 g/mol. The summed E-state index contributed by atoms with van der Waals surface area (Å²) in [6.45, 7) is 7.21. The van der Waals surface area contributed by atoms with Crippen molar-refractivity contribution in [1.29, 1.82) is 0 Å². The number of amides is 8. The molecule has 6 N–H and O–H groups in total. The molecule has 2 atom stereocenters. The lowest BCUT2D eigenvalue weighted by Crippen LogP contribution is -2.50. The Morgan fingerprint density at radius 1 is 0.817 bits per heavy atom. The molecule has 0 aliphatic carbocycles. The van der Waals surface area contributed by atoms with Gasteiger partial charge < -0.3 is 51.0 Å². The van der Waals surface area contributed by atoms with Crippen molar-refractivity contribution in [3.05, 3.63) is 95.7 Å². The number of aromatic nitrogens is 1. The number of fused-ring (bicyclic) bond motifs is 4. The highest BCUT2D eigenvalue weighted by Crippen LogP contribution is 2.41. The highest BCUT2D eigenvalue weighted by Gasteiger charge is 2.36. The van der Waals surface area contributed by atoms with E-state index in [1.54, 1.807) is 64.4 Å². The third-order valence-electron chi connectivity index (χ3n) is 12.9. The first-order chi connectivity index (χ1) is 34.1. The van der Waals surface area contributed by atoms with Crippen molar-refractivity contribution in [1.82, 2.24) is 35.6 Å². The Labute approximate surface area is 415 Å². The van der Waals surface area contributed by atoms with E-state index >= 15 is 0 Å². The average Bonchev–Trinajstić information content (AvgIpc) is 4.05. The van der Waals surface area contributed by atoms with Crippen molar-refractivity contribution >= 4 is 98.8 Å². The van der Waals surface area contributed by atoms with Crippen LogP contribution in [0.4, 0.5) is 21.9 Å². The summed E-state index contributed by atoms with van der Waals surface area (Å²) in [6, 6.07) is 22.2. The molecule has 8 amide bonds. The van der Waals surface area contributed by atoms with Gasteiger partial charge in [-0.2, -0.15) is 12.6 Å². The summed E-state index contributed by atoms with van der Waals surface area (Å²) in [6.07, 6.45) is 0.743. The van der Waals surface area contributed by atoms with Gasteiger partial charge in [-0.1, -0.05) is 38.1 Å². The molecule has 3 aliphatic heterocycles. The number of benzene rings is 4. The summed E-state index contributed by atoms with van der Waals surface area (Å²) in [5, 5.41) is 16.0. The van der Waals surface area contributed by atoms with Crippen LogP contribution >= 0.6 is 12.6 Å². The van der Waals surface area contributed by atoms with Crippen molar-refractivity contribution in [3.8, 4) is 5.75 Å². The van der Waals surface area contributed by atoms with Gasteiger partial charge in [-0.15, -0.1) is 0 Å². The van der Waals surface area contributed by atoms with Gasteiger partial charge >= 0.3 is 6.09 Å². The third kappa shape index (κ3) is 11.8. The first-order valence-electron chi connectivity index (χ1n) is 23.8. The van der Waals surface area contributed by atoms with E-state index in [4.69, 9.17) is 4.74 Å². The maximum absolute atomic E-state index is 14.1. The third-order valence-corrected chi connectivity index (χ3v) is 13.3. The van der Waals surface area contributed by atoms with E-state index in [9.17, 15) is 38.4 Å². The first-order valence-corrected chi connectivity index (χ1v) is 24.3. The highest BCUT2D eigenvalue weighted by atomic mass is 32.1. The number of H-pyrrole nitrogens is 1. The van der Waals surface area contributed by atoms with Crippen LogP contribution in [-0.2, 0) is 30.4 Å². The molecular formula is C51H58N10O9S. The van der Waals surface area contributed by atoms with E-state index in [1.165, 1.54) is 0 Å². The molecule has 0 bridgehead atoms. The summed E-state index contributed by atoms with van der Waals surface area (Å²) in [5.41, 5.74) is 4.02. The summed E-state index contributed by atoms with van der Waals surface area (Å²) in [4.78, 5) is 113. The second-order valence-electron chi connectivity index (χ2n) is 18.3. The van der Waals surface area contributed by atoms with Gasteiger partial charge in [0.2, 0.25) is 29.5 Å². The predicted molar refractivity (Wildman–Crippen MR) is 272 cm³/mol. The number of rotatable bonds is 17. The van der Waals surface area contributed by atoms with Gasteiger partial charge in [0, 0.05) is 104 Å². The smallest absolute Gasteiger partial charge is 0.409 e. The predicted octanol–water partition coefficient (Wildman–Crippen LogP) is 4.15. The summed E-state index contributed by atoms with van der Waals surface area (Å²) >= 11 is 4.10. The standard InChI is InChI=1S/C51H58N10O9S/c1-30(2)46(53-18-17-52-43(62)9-6-19-61-45(64)28-42(71)50(61)68)48(66)54-29-44(63)55-33-12-10-31(11-13-33)47(65)56-34-14-15-38-32(25-34)26-39(57-38)49(67)60-20-16-36-35-7-4-5-8-37(35)41(27-40(36)60)70-51(69)59-23-21-58(3)22-24-59/h4-5,7-8,10-15,25-27,30,42,46,53,57,71H,6,9,16-24,28-29H2,1-3H3,(H,52,62)(H,54,66)(H,55,63)(H,56,65). The number of aromatic amines is 1. The van der Waals surface area contributed by atoms with Crippen molar-refractivity contribution in [3.63, 3.8) is 0 Å². The van der Waals surface area contributed by atoms with Gasteiger partial charge in [-0.3, -0.25) is 38.5 Å². The van der Waals surface area contributed by atoms with Gasteiger partial charge in [-0.05, 0) is 85.3 Å². The van der Waals surface area contributed by atoms with Crippen LogP contribution in [0.25, 0.3) is 21.7 Å². The van der Waals surface area contributed by atoms with E-state index in [0.29, 0.717) is 77.4 Å². The quantitative estimate of drug-likeness (QED) is 0.0398. The van der Waals surface area contributed by atoms with Crippen LogP contribution < -0.4 is 36.2 Å². The maximum Gasteiger partial charge on any atom is 0.415 e. The number of imide groups is 1. The molecule has 5 aromatic rings. The molecular weight excluding hydrogens is 929 g/mol. The minimum atomic E-state index is -0.641. The van der Waals surface area contributed by atoms with Gasteiger partial charge in [0.15, 0.2) is 0 Å². The molecule has 1 aromatic heterocycles. The van der Waals surface area contributed by atoms with Gasteiger partial charge in [0.25, 0.3) is 11.8 Å². The molecule has 3 aliphatic rings. The number of piperazine rings is 1. The number of nitrogens with one attached hydrogen (secondary N) is 6. The fourth-order valence-electron chi connectivity index (χ4n) is 8.99. The lowest BCUT2D eigenvalue weighted by atomic mass is 10.0. The van der Waals surface area contributed by atoms with Gasteiger partial charge in [0.1, 0.15) is 11.4 Å². The minimum absolute atomic E-state index is 0.0652. The Balaban J connectivity index is 0.798. The largest absolute Gasteiger partial charge is 0.415 e. The lowest BCUT2D eigenvalue weighted by molar-refractivity contribution is -0.138. The Hall–Kier alpha value is -7.29. The van der Waals surface area contributed by atoms with E-state index in [2.05, 4.69) is 49.1 Å². The number of likely N-dealkylation sites (tertiary alicyclic amines) is 1. The molecule has 0 saturated carbocycles. The van der Waals surface area contributed by atoms with Crippen LogP contribution in [0.2, 0.25) is 0 Å². The average molecular weight is 987 g/mol. The number of thiol groups is 1. The zero-order chi connectivity index (χ0) is 50.3. The van der Waals surface area contributed by atoms with Gasteiger partial charge in [0.05, 0.1) is 23.5 Å². The number of hydrogen-bond donors (Lipinski definition) is 7. The lowest BCUT2D eigenvalue weighted by Gasteiger charge is -2.31. The fraction of sp³-hybridized carbons (Fsp3) is 0.373. The van der Waals surface area contributed by atoms with Crippen molar-refractivity contribution in [2.24, 2.45) is 5.92 Å². The Morgan fingerprint density at radius 2 is 1.55 bits per heavy atom. The molecule has 4 heterocycles. The molecule has 71 heavy (non-hydrogen) atoms. The Bertz CT molecular complexity index is 2880. The van der Waals surface area contributed by atoms with Crippen LogP contribution in [-0.4, -0.2) is 144 Å². The second-order valence-corrected chi connectivity index (χ2v) is 18.9. The van der Waals surface area contributed by atoms with Crippen LogP contribution in [0.3, 0.4) is 0 Å². The molecule has 19 nitrogen and oxygen atoms in total. The minimum Gasteiger partial charge on any atom is -0.409 e. The topological polar surface area (TPSA) is 235 Å². The van der Waals surface area contributed by atoms with Crippen LogP contribution in [0.1, 0.15) is 59.5 Å². The highest BCUT2D eigenvalue weighted by molar-refractivity contribution is 7.81. The molecule has 2 fully saturated rings. The van der Waals surface area contributed by atoms with Crippen molar-refractivity contribution in [2.75, 3.05) is 81.5 Å². The zero-order valence-electron chi connectivity index (χ0n) is 39.8. The van der Waals surface area contributed by atoms with Crippen LogP contribution in [0.5, 0.6) is 5.75 Å². The number of carbonyl (C=O) groups excluding carboxylic acids is 8. The number of likely N-dealkylation sites (N-methyl/N-ethyl adjacent to an activating group) is 1. The Kier molecular flexibility index (Phi) is 15.7. The van der Waals surface area contributed by atoms with E-state index < -0.39 is 29.2 Å². The number of ether oxygens (including phenoxy) is 1. The van der Waals surface area contributed by atoms with E-state index in [-0.39, 0.29) is 74.5 Å². The number of hydrogen-bond acceptors (Lipinski definition) is 12. The molecule has 372 valence electrons. The molecule has 0 spiro atoms. The first kappa shape index (κ1) is 50.1. The molecule has 20 heteroatoms. The Morgan fingerprint density at radius 3 is 2.27 bits per heavy atom. The molecule has 4 aromatic carbocycles. The summed E-state index contributed by atoms with van der Waals surface area (Å²) in [7, 11) is 2.02. The number of carbonyl (C=O) groups is 8. The molecule has 2 saturated heterocycles. The number of anilines is 3. The van der Waals surface area contributed by atoms with Crippen LogP contribution in [0, 0.1) is 5.92 Å². The van der Waals surface area contributed by atoms with E-state index in [1.807, 2.05) is 45.2 Å².